The average Bonchev–Trinajstić information content (AvgIpc) is 3.64. The number of carbonyl (C=O) groups is 1. The van der Waals surface area contributed by atoms with Gasteiger partial charge in [-0.2, -0.15) is 20.0 Å². The van der Waals surface area contributed by atoms with Gasteiger partial charge in [-0.15, -0.1) is 13.2 Å². The number of likely N-dealkylation sites (tertiary alicyclic amines) is 1. The van der Waals surface area contributed by atoms with Crippen LogP contribution < -0.4 is 9.47 Å². The van der Waals surface area contributed by atoms with E-state index in [1.165, 1.54) is 48.6 Å². The van der Waals surface area contributed by atoms with E-state index in [2.05, 4.69) is 25.1 Å². The molecular formula is C24H21F3N6O4. The minimum absolute atomic E-state index is 0.0148. The number of aryl methyl sites for hydroxylation is 1. The maximum atomic E-state index is 13.8. The number of halogens is 3. The van der Waals surface area contributed by atoms with E-state index in [1.54, 1.807) is 17.0 Å². The van der Waals surface area contributed by atoms with Crippen LogP contribution in [0.4, 0.5) is 13.2 Å². The van der Waals surface area contributed by atoms with Crippen LogP contribution in [0.3, 0.4) is 0 Å². The highest BCUT2D eigenvalue weighted by atomic mass is 19.4. The number of aromatic nitrogens is 5. The molecule has 1 fully saturated rings. The summed E-state index contributed by atoms with van der Waals surface area (Å²) in [5, 5.41) is 12.2. The number of carbonyl (C=O) groups excluding carboxylic acids is 1. The van der Waals surface area contributed by atoms with Crippen LogP contribution in [0.15, 0.2) is 53.3 Å². The van der Waals surface area contributed by atoms with Crippen LogP contribution in [-0.4, -0.2) is 56.0 Å². The number of rotatable bonds is 6. The lowest BCUT2D eigenvalue weighted by Crippen LogP contribution is -2.31. The SMILES string of the molecule is COc1cc(C(=O)N2CCC[C@H]2c2nc(-c3ccccc3OC(F)(F)F)no2)c(-n2nccn2)cc1C. The molecule has 13 heteroatoms. The van der Waals surface area contributed by atoms with E-state index in [0.29, 0.717) is 36.4 Å². The third kappa shape index (κ3) is 4.84. The smallest absolute Gasteiger partial charge is 0.496 e. The molecule has 1 atom stereocenters. The summed E-state index contributed by atoms with van der Waals surface area (Å²) in [4.78, 5) is 21.1. The zero-order chi connectivity index (χ0) is 26.2. The summed E-state index contributed by atoms with van der Waals surface area (Å²) in [5.74, 6) is -0.220. The van der Waals surface area contributed by atoms with Crippen molar-refractivity contribution in [1.29, 1.82) is 0 Å². The summed E-state index contributed by atoms with van der Waals surface area (Å²) in [6.07, 6.45) is -0.667. The Bertz CT molecular complexity index is 1420. The van der Waals surface area contributed by atoms with Gasteiger partial charge in [-0.05, 0) is 49.6 Å². The predicted octanol–water partition coefficient (Wildman–Crippen LogP) is 4.51. The standard InChI is InChI=1S/C24H21F3N6O4/c1-14-12-18(33-28-9-10-29-33)16(13-20(14)35-2)23(34)32-11-5-7-17(32)22-30-21(31-37-22)15-6-3-4-8-19(15)36-24(25,26)27/h3-4,6,8-10,12-13,17H,5,7,11H2,1-2H3/t17-/m0/s1. The Balaban J connectivity index is 1.48. The monoisotopic (exact) mass is 514 g/mol. The molecule has 0 bridgehead atoms. The van der Waals surface area contributed by atoms with Gasteiger partial charge in [0, 0.05) is 6.54 Å². The van der Waals surface area contributed by atoms with Crippen molar-refractivity contribution >= 4 is 5.91 Å². The summed E-state index contributed by atoms with van der Waals surface area (Å²) in [6, 6.07) is 8.33. The molecule has 1 amide bonds. The molecule has 0 N–H and O–H groups in total. The van der Waals surface area contributed by atoms with Crippen molar-refractivity contribution in [1.82, 2.24) is 30.0 Å². The molecule has 1 saturated heterocycles. The van der Waals surface area contributed by atoms with Crippen molar-refractivity contribution < 1.29 is 32.0 Å². The number of alkyl halides is 3. The van der Waals surface area contributed by atoms with Gasteiger partial charge >= 0.3 is 6.36 Å². The fraction of sp³-hybridized carbons (Fsp3) is 0.292. The average molecular weight is 514 g/mol. The summed E-state index contributed by atoms with van der Waals surface area (Å²) in [7, 11) is 1.52. The highest BCUT2D eigenvalue weighted by molar-refractivity contribution is 5.98. The number of para-hydroxylation sites is 1. The summed E-state index contributed by atoms with van der Waals surface area (Å²) in [6.45, 7) is 2.26. The van der Waals surface area contributed by atoms with Gasteiger partial charge in [-0.25, -0.2) is 0 Å². The second kappa shape index (κ2) is 9.56. The largest absolute Gasteiger partial charge is 0.573 e. The maximum Gasteiger partial charge on any atom is 0.573 e. The summed E-state index contributed by atoms with van der Waals surface area (Å²) in [5.41, 5.74) is 1.60. The van der Waals surface area contributed by atoms with E-state index in [1.807, 2.05) is 6.92 Å². The first kappa shape index (κ1) is 24.3. The van der Waals surface area contributed by atoms with Crippen LogP contribution >= 0.6 is 0 Å². The predicted molar refractivity (Wildman–Crippen MR) is 122 cm³/mol. The Morgan fingerprint density at radius 3 is 2.62 bits per heavy atom. The molecule has 4 aromatic rings. The van der Waals surface area contributed by atoms with Crippen molar-refractivity contribution in [3.8, 4) is 28.6 Å². The van der Waals surface area contributed by atoms with Crippen LogP contribution in [0, 0.1) is 6.92 Å². The van der Waals surface area contributed by atoms with E-state index in [4.69, 9.17) is 9.26 Å². The lowest BCUT2D eigenvalue weighted by molar-refractivity contribution is -0.274. The van der Waals surface area contributed by atoms with Crippen LogP contribution in [0.1, 0.15) is 40.7 Å². The Kier molecular flexibility index (Phi) is 6.27. The fourth-order valence-corrected chi connectivity index (χ4v) is 4.34. The van der Waals surface area contributed by atoms with Crippen LogP contribution in [0.5, 0.6) is 11.5 Å². The molecule has 5 rings (SSSR count). The van der Waals surface area contributed by atoms with Crippen molar-refractivity contribution in [3.63, 3.8) is 0 Å². The molecule has 2 aromatic heterocycles. The number of ether oxygens (including phenoxy) is 2. The molecule has 0 aliphatic carbocycles. The van der Waals surface area contributed by atoms with E-state index >= 15 is 0 Å². The summed E-state index contributed by atoms with van der Waals surface area (Å²) >= 11 is 0. The highest BCUT2D eigenvalue weighted by Crippen LogP contribution is 2.37. The van der Waals surface area contributed by atoms with E-state index in [0.717, 1.165) is 5.56 Å². The Labute approximate surface area is 208 Å². The van der Waals surface area contributed by atoms with Gasteiger partial charge < -0.3 is 18.9 Å². The van der Waals surface area contributed by atoms with Crippen molar-refractivity contribution in [2.24, 2.45) is 0 Å². The zero-order valence-electron chi connectivity index (χ0n) is 19.8. The third-order valence-corrected chi connectivity index (χ3v) is 5.97. The van der Waals surface area contributed by atoms with Crippen LogP contribution in [0.25, 0.3) is 17.1 Å². The van der Waals surface area contributed by atoms with Gasteiger partial charge in [-0.1, -0.05) is 17.3 Å². The maximum absolute atomic E-state index is 13.8. The van der Waals surface area contributed by atoms with Gasteiger partial charge in [0.25, 0.3) is 5.91 Å². The van der Waals surface area contributed by atoms with Crippen LogP contribution in [0.2, 0.25) is 0 Å². The van der Waals surface area contributed by atoms with Crippen molar-refractivity contribution in [3.05, 3.63) is 65.8 Å². The number of benzene rings is 2. The molecule has 0 spiro atoms. The molecule has 10 nitrogen and oxygen atoms in total. The quantitative estimate of drug-likeness (QED) is 0.370. The molecule has 3 heterocycles. The second-order valence-electron chi connectivity index (χ2n) is 8.31. The topological polar surface area (TPSA) is 108 Å². The van der Waals surface area contributed by atoms with Crippen molar-refractivity contribution in [2.45, 2.75) is 32.2 Å². The molecule has 2 aromatic carbocycles. The molecule has 0 radical (unpaired) electrons. The van der Waals surface area contributed by atoms with E-state index in [9.17, 15) is 18.0 Å². The molecule has 0 saturated carbocycles. The first-order chi connectivity index (χ1) is 17.7. The minimum Gasteiger partial charge on any atom is -0.496 e. The number of hydrogen-bond donors (Lipinski definition) is 0. The Hall–Kier alpha value is -4.42. The molecule has 192 valence electrons. The third-order valence-electron chi connectivity index (χ3n) is 5.97. The number of methoxy groups -OCH3 is 1. The minimum atomic E-state index is -4.88. The van der Waals surface area contributed by atoms with E-state index < -0.39 is 18.2 Å². The lowest BCUT2D eigenvalue weighted by atomic mass is 10.1. The molecule has 0 unspecified atom stereocenters. The van der Waals surface area contributed by atoms with E-state index in [-0.39, 0.29) is 23.2 Å². The molecule has 1 aliphatic rings. The Morgan fingerprint density at radius 1 is 1.14 bits per heavy atom. The Morgan fingerprint density at radius 2 is 1.89 bits per heavy atom. The van der Waals surface area contributed by atoms with Gasteiger partial charge in [0.2, 0.25) is 11.7 Å². The molecular weight excluding hydrogens is 493 g/mol. The molecule has 37 heavy (non-hydrogen) atoms. The normalized spacial score (nSPS) is 15.7. The molecule has 1 aliphatic heterocycles. The first-order valence-electron chi connectivity index (χ1n) is 11.3. The number of amides is 1. The first-order valence-corrected chi connectivity index (χ1v) is 11.3. The second-order valence-corrected chi connectivity index (χ2v) is 8.31. The fourth-order valence-electron chi connectivity index (χ4n) is 4.34. The number of nitrogens with zero attached hydrogens (tertiary/aromatic N) is 6. The van der Waals surface area contributed by atoms with Gasteiger partial charge in [-0.3, -0.25) is 4.79 Å². The van der Waals surface area contributed by atoms with Gasteiger partial charge in [0.15, 0.2) is 0 Å². The zero-order valence-corrected chi connectivity index (χ0v) is 19.8. The van der Waals surface area contributed by atoms with Gasteiger partial charge in [0.05, 0.1) is 36.3 Å². The van der Waals surface area contributed by atoms with Gasteiger partial charge in [0.1, 0.15) is 17.5 Å². The number of hydrogen-bond acceptors (Lipinski definition) is 8. The van der Waals surface area contributed by atoms with Crippen LogP contribution in [-0.2, 0) is 0 Å². The highest BCUT2D eigenvalue weighted by Gasteiger charge is 2.37. The summed E-state index contributed by atoms with van der Waals surface area (Å²) < 4.78 is 53.5. The lowest BCUT2D eigenvalue weighted by Gasteiger charge is -2.23. The van der Waals surface area contributed by atoms with Crippen molar-refractivity contribution in [2.75, 3.05) is 13.7 Å².